The van der Waals surface area contributed by atoms with Gasteiger partial charge in [0.25, 0.3) is 11.1 Å². The van der Waals surface area contributed by atoms with Crippen LogP contribution >= 0.6 is 11.8 Å². The van der Waals surface area contributed by atoms with Crippen molar-refractivity contribution in [2.75, 3.05) is 0 Å². The summed E-state index contributed by atoms with van der Waals surface area (Å²) in [5, 5.41) is 10.2. The number of hydrogen-bond donors (Lipinski definition) is 2. The molecule has 1 unspecified atom stereocenters. The van der Waals surface area contributed by atoms with E-state index in [1.807, 2.05) is 18.3 Å². The molecule has 2 aromatic heterocycles. The van der Waals surface area contributed by atoms with Crippen LogP contribution in [0.2, 0.25) is 0 Å². The third-order valence-corrected chi connectivity index (χ3v) is 5.25. The van der Waals surface area contributed by atoms with E-state index < -0.39 is 0 Å². The van der Waals surface area contributed by atoms with Crippen molar-refractivity contribution in [1.82, 2.24) is 15.2 Å². The molecular formula is C20H21N4OS+. The molecule has 0 amide bonds. The van der Waals surface area contributed by atoms with Crippen LogP contribution in [0.4, 0.5) is 0 Å². The van der Waals surface area contributed by atoms with Crippen LogP contribution in [0, 0.1) is 6.92 Å². The van der Waals surface area contributed by atoms with Gasteiger partial charge in [-0.25, -0.2) is 0 Å². The lowest BCUT2D eigenvalue weighted by Gasteiger charge is -2.03. The molecule has 0 aliphatic carbocycles. The smallest absolute Gasteiger partial charge is 0.277 e. The van der Waals surface area contributed by atoms with E-state index in [1.54, 1.807) is 11.8 Å². The summed E-state index contributed by atoms with van der Waals surface area (Å²) in [4.78, 5) is 3.29. The third-order valence-electron chi connectivity index (χ3n) is 4.36. The van der Waals surface area contributed by atoms with Crippen molar-refractivity contribution in [3.63, 3.8) is 0 Å². The van der Waals surface area contributed by atoms with E-state index >= 15 is 0 Å². The zero-order valence-electron chi connectivity index (χ0n) is 14.6. The van der Waals surface area contributed by atoms with E-state index in [4.69, 9.17) is 4.42 Å². The van der Waals surface area contributed by atoms with Crippen molar-refractivity contribution in [1.29, 1.82) is 0 Å². The molecule has 0 aliphatic heterocycles. The molecule has 4 aromatic rings. The number of aromatic amines is 1. The number of rotatable bonds is 6. The van der Waals surface area contributed by atoms with Crippen LogP contribution in [-0.2, 0) is 12.2 Å². The fourth-order valence-corrected chi connectivity index (χ4v) is 3.76. The van der Waals surface area contributed by atoms with Gasteiger partial charge in [0.15, 0.2) is 6.04 Å². The maximum Gasteiger partial charge on any atom is 0.277 e. The van der Waals surface area contributed by atoms with Gasteiger partial charge in [0.05, 0.1) is 0 Å². The summed E-state index contributed by atoms with van der Waals surface area (Å²) in [5.41, 5.74) is 9.07. The lowest BCUT2D eigenvalue weighted by atomic mass is 10.1. The molecule has 0 saturated carbocycles. The standard InChI is InChI=1S/C20H20N4OS/c1-13-5-4-6-14(9-13)12-26-20-24-23-19(25-20)17(21)10-15-11-22-18-8-3-2-7-16(15)18/h2-9,11,17,22H,10,12,21H2,1H3/p+1. The molecule has 2 heterocycles. The molecular weight excluding hydrogens is 344 g/mol. The van der Waals surface area contributed by atoms with Gasteiger partial charge in [-0.2, -0.15) is 0 Å². The predicted molar refractivity (Wildman–Crippen MR) is 103 cm³/mol. The Morgan fingerprint density at radius 1 is 1.15 bits per heavy atom. The van der Waals surface area contributed by atoms with E-state index in [2.05, 4.69) is 64.2 Å². The molecule has 1 atom stereocenters. The molecule has 0 aliphatic rings. The summed E-state index contributed by atoms with van der Waals surface area (Å²) in [6.45, 7) is 2.09. The van der Waals surface area contributed by atoms with Gasteiger partial charge in [-0.1, -0.05) is 59.8 Å². The Labute approximate surface area is 156 Å². The lowest BCUT2D eigenvalue weighted by Crippen LogP contribution is -2.54. The molecule has 5 nitrogen and oxygen atoms in total. The van der Waals surface area contributed by atoms with Gasteiger partial charge in [-0.05, 0) is 24.1 Å². The van der Waals surface area contributed by atoms with Crippen molar-refractivity contribution in [3.8, 4) is 0 Å². The second kappa shape index (κ2) is 7.35. The normalized spacial score (nSPS) is 12.5. The summed E-state index contributed by atoms with van der Waals surface area (Å²) in [5.74, 6) is 1.40. The number of aryl methyl sites for hydroxylation is 1. The molecule has 4 N–H and O–H groups in total. The van der Waals surface area contributed by atoms with Crippen LogP contribution in [0.3, 0.4) is 0 Å². The predicted octanol–water partition coefficient (Wildman–Crippen LogP) is 3.68. The maximum absolute atomic E-state index is 5.83. The first-order valence-electron chi connectivity index (χ1n) is 8.59. The number of thioether (sulfide) groups is 1. The highest BCUT2D eigenvalue weighted by Crippen LogP contribution is 2.25. The van der Waals surface area contributed by atoms with E-state index in [0.717, 1.165) is 17.7 Å². The van der Waals surface area contributed by atoms with Gasteiger partial charge in [-0.15, -0.1) is 10.2 Å². The van der Waals surface area contributed by atoms with Crippen molar-refractivity contribution in [2.24, 2.45) is 0 Å². The molecule has 0 saturated heterocycles. The second-order valence-electron chi connectivity index (χ2n) is 6.44. The first-order valence-corrected chi connectivity index (χ1v) is 9.57. The number of nitrogens with zero attached hydrogens (tertiary/aromatic N) is 2. The highest BCUT2D eigenvalue weighted by Gasteiger charge is 2.20. The monoisotopic (exact) mass is 365 g/mol. The van der Waals surface area contributed by atoms with Crippen LogP contribution in [0.5, 0.6) is 0 Å². The van der Waals surface area contributed by atoms with Gasteiger partial charge in [0.2, 0.25) is 0 Å². The van der Waals surface area contributed by atoms with Crippen LogP contribution in [0.15, 0.2) is 64.4 Å². The largest absolute Gasteiger partial charge is 0.410 e. The molecule has 4 rings (SSSR count). The van der Waals surface area contributed by atoms with E-state index in [0.29, 0.717) is 11.1 Å². The maximum atomic E-state index is 5.83. The van der Waals surface area contributed by atoms with Gasteiger partial charge < -0.3 is 15.1 Å². The summed E-state index contributed by atoms with van der Waals surface area (Å²) >= 11 is 1.56. The van der Waals surface area contributed by atoms with Crippen molar-refractivity contribution >= 4 is 22.7 Å². The van der Waals surface area contributed by atoms with Gasteiger partial charge in [0, 0.05) is 29.3 Å². The summed E-state index contributed by atoms with van der Waals surface area (Å²) in [6.07, 6.45) is 2.79. The van der Waals surface area contributed by atoms with Crippen LogP contribution < -0.4 is 5.73 Å². The number of para-hydroxylation sites is 1. The summed E-state index contributed by atoms with van der Waals surface area (Å²) in [7, 11) is 0. The zero-order valence-corrected chi connectivity index (χ0v) is 15.4. The number of benzene rings is 2. The minimum atomic E-state index is -0.0741. The van der Waals surface area contributed by atoms with Gasteiger partial charge in [0.1, 0.15) is 0 Å². The Morgan fingerprint density at radius 3 is 2.92 bits per heavy atom. The van der Waals surface area contributed by atoms with Gasteiger partial charge in [-0.3, -0.25) is 0 Å². The van der Waals surface area contributed by atoms with Crippen molar-refractivity contribution in [2.45, 2.75) is 30.4 Å². The summed E-state index contributed by atoms with van der Waals surface area (Å²) < 4.78 is 5.83. The van der Waals surface area contributed by atoms with Gasteiger partial charge >= 0.3 is 0 Å². The molecule has 0 fully saturated rings. The lowest BCUT2D eigenvalue weighted by molar-refractivity contribution is -0.431. The fraction of sp³-hybridized carbons (Fsp3) is 0.200. The Bertz CT molecular complexity index is 1020. The Hall–Kier alpha value is -2.57. The number of H-pyrrole nitrogens is 1. The molecule has 132 valence electrons. The van der Waals surface area contributed by atoms with E-state index in [1.165, 1.54) is 22.1 Å². The average molecular weight is 365 g/mol. The summed E-state index contributed by atoms with van der Waals surface area (Å²) in [6, 6.07) is 16.6. The number of nitrogens with one attached hydrogen (secondary N) is 1. The fourth-order valence-electron chi connectivity index (χ4n) is 3.04. The molecule has 0 radical (unpaired) electrons. The quantitative estimate of drug-likeness (QED) is 0.511. The van der Waals surface area contributed by atoms with Crippen LogP contribution in [0.1, 0.15) is 28.6 Å². The molecule has 6 heteroatoms. The van der Waals surface area contributed by atoms with E-state index in [9.17, 15) is 0 Å². The third kappa shape index (κ3) is 3.66. The van der Waals surface area contributed by atoms with Crippen LogP contribution in [0.25, 0.3) is 10.9 Å². The average Bonchev–Trinajstić information content (AvgIpc) is 3.28. The van der Waals surface area contributed by atoms with Crippen LogP contribution in [-0.4, -0.2) is 15.2 Å². The molecule has 26 heavy (non-hydrogen) atoms. The number of fused-ring (bicyclic) bond motifs is 1. The minimum Gasteiger partial charge on any atom is -0.410 e. The van der Waals surface area contributed by atoms with E-state index in [-0.39, 0.29) is 6.04 Å². The molecule has 0 spiro atoms. The van der Waals surface area contributed by atoms with Crippen molar-refractivity contribution in [3.05, 3.63) is 77.3 Å². The highest BCUT2D eigenvalue weighted by atomic mass is 32.2. The number of hydrogen-bond acceptors (Lipinski definition) is 4. The zero-order chi connectivity index (χ0) is 17.9. The number of quaternary nitrogens is 1. The first-order chi connectivity index (χ1) is 12.7. The number of aromatic nitrogens is 3. The molecule has 0 bridgehead atoms. The van der Waals surface area contributed by atoms with Crippen molar-refractivity contribution < 1.29 is 10.2 Å². The first kappa shape index (κ1) is 16.9. The molecule has 2 aromatic carbocycles. The second-order valence-corrected chi connectivity index (χ2v) is 7.37. The SMILES string of the molecule is Cc1cccc(CSc2nnc(C([NH3+])Cc3c[nH]c4ccccc34)o2)c1. The highest BCUT2D eigenvalue weighted by molar-refractivity contribution is 7.98. The minimum absolute atomic E-state index is 0.0741. The topological polar surface area (TPSA) is 82.4 Å². The Morgan fingerprint density at radius 2 is 2.04 bits per heavy atom. The Kier molecular flexibility index (Phi) is 4.77. The Balaban J connectivity index is 1.42.